The van der Waals surface area contributed by atoms with Crippen molar-refractivity contribution < 1.29 is 4.79 Å². The van der Waals surface area contributed by atoms with Gasteiger partial charge < -0.3 is 5.32 Å². The number of hydrogen-bond acceptors (Lipinski definition) is 2. The van der Waals surface area contributed by atoms with Gasteiger partial charge in [0.05, 0.1) is 0 Å². The lowest BCUT2D eigenvalue weighted by Gasteiger charge is -2.31. The molecule has 3 nitrogen and oxygen atoms in total. The highest BCUT2D eigenvalue weighted by Gasteiger charge is 2.25. The van der Waals surface area contributed by atoms with Gasteiger partial charge in [0, 0.05) is 19.0 Å². The third-order valence-electron chi connectivity index (χ3n) is 5.56. The van der Waals surface area contributed by atoms with Gasteiger partial charge in [-0.2, -0.15) is 0 Å². The van der Waals surface area contributed by atoms with Crippen molar-refractivity contribution in [2.24, 2.45) is 5.92 Å². The maximum absolute atomic E-state index is 12.5. The summed E-state index contributed by atoms with van der Waals surface area (Å²) in [6, 6.07) is 19.0. The smallest absolute Gasteiger partial charge is 0.223 e. The first-order chi connectivity index (χ1) is 12.6. The molecule has 1 saturated heterocycles. The van der Waals surface area contributed by atoms with Crippen LogP contribution in [0.4, 0.5) is 0 Å². The molecule has 1 N–H and O–H groups in total. The molecule has 2 aromatic carbocycles. The van der Waals surface area contributed by atoms with Gasteiger partial charge in [-0.25, -0.2) is 0 Å². The highest BCUT2D eigenvalue weighted by atomic mass is 16.1. The van der Waals surface area contributed by atoms with E-state index in [0.717, 1.165) is 32.5 Å². The topological polar surface area (TPSA) is 32.3 Å². The molecule has 0 aromatic heterocycles. The Balaban J connectivity index is 1.43. The fourth-order valence-electron chi connectivity index (χ4n) is 3.68. The van der Waals surface area contributed by atoms with Crippen LogP contribution in [0.15, 0.2) is 54.6 Å². The number of piperidine rings is 1. The summed E-state index contributed by atoms with van der Waals surface area (Å²) in [5.74, 6) is 0.732. The molecule has 1 amide bonds. The van der Waals surface area contributed by atoms with Crippen molar-refractivity contribution in [2.75, 3.05) is 19.6 Å². The molecular formula is C23H30N2O. The van der Waals surface area contributed by atoms with Gasteiger partial charge in [-0.15, -0.1) is 0 Å². The number of amides is 1. The number of aryl methyl sites for hydroxylation is 1. The van der Waals surface area contributed by atoms with Gasteiger partial charge >= 0.3 is 0 Å². The Labute approximate surface area is 157 Å². The Kier molecular flexibility index (Phi) is 6.45. The monoisotopic (exact) mass is 350 g/mol. The Morgan fingerprint density at radius 1 is 1.08 bits per heavy atom. The number of rotatable bonds is 6. The normalized spacial score (nSPS) is 17.0. The van der Waals surface area contributed by atoms with Crippen molar-refractivity contribution in [3.8, 4) is 0 Å². The second-order valence-corrected chi connectivity index (χ2v) is 7.53. The van der Waals surface area contributed by atoms with Gasteiger partial charge in [0.25, 0.3) is 0 Å². The van der Waals surface area contributed by atoms with Crippen molar-refractivity contribution in [3.05, 3.63) is 71.3 Å². The van der Waals surface area contributed by atoms with E-state index >= 15 is 0 Å². The molecule has 3 rings (SSSR count). The standard InChI is InChI=1S/C23H30N2O/c1-18-8-6-7-11-22(18)17-25-14-12-21(13-15-25)23(26)24-16-19(2)20-9-4-3-5-10-20/h3-11,19,21H,12-17H2,1-2H3,(H,24,26)/t19-/m1/s1. The lowest BCUT2D eigenvalue weighted by molar-refractivity contribution is -0.126. The van der Waals surface area contributed by atoms with E-state index in [4.69, 9.17) is 0 Å². The van der Waals surface area contributed by atoms with Crippen molar-refractivity contribution in [3.63, 3.8) is 0 Å². The third-order valence-corrected chi connectivity index (χ3v) is 5.56. The number of nitrogens with zero attached hydrogens (tertiary/aromatic N) is 1. The summed E-state index contributed by atoms with van der Waals surface area (Å²) in [4.78, 5) is 15.0. The molecule has 138 valence electrons. The van der Waals surface area contributed by atoms with Gasteiger partial charge in [-0.3, -0.25) is 9.69 Å². The highest BCUT2D eigenvalue weighted by Crippen LogP contribution is 2.21. The Morgan fingerprint density at radius 2 is 1.73 bits per heavy atom. The molecule has 0 aliphatic carbocycles. The van der Waals surface area contributed by atoms with E-state index in [1.54, 1.807) is 0 Å². The van der Waals surface area contributed by atoms with Crippen molar-refractivity contribution >= 4 is 5.91 Å². The molecule has 3 heteroatoms. The molecule has 1 heterocycles. The lowest BCUT2D eigenvalue weighted by atomic mass is 9.94. The maximum atomic E-state index is 12.5. The molecular weight excluding hydrogens is 320 g/mol. The van der Waals surface area contributed by atoms with Crippen LogP contribution < -0.4 is 5.32 Å². The van der Waals surface area contributed by atoms with Crippen LogP contribution >= 0.6 is 0 Å². The summed E-state index contributed by atoms with van der Waals surface area (Å²) in [5.41, 5.74) is 4.02. The number of carbonyl (C=O) groups excluding carboxylic acids is 1. The minimum absolute atomic E-state index is 0.158. The van der Waals surface area contributed by atoms with Gasteiger partial charge in [0.2, 0.25) is 5.91 Å². The zero-order chi connectivity index (χ0) is 18.4. The van der Waals surface area contributed by atoms with Gasteiger partial charge in [0.1, 0.15) is 0 Å². The minimum atomic E-state index is 0.158. The van der Waals surface area contributed by atoms with Crippen LogP contribution in [0.2, 0.25) is 0 Å². The summed E-state index contributed by atoms with van der Waals surface area (Å²) in [7, 11) is 0. The first-order valence-electron chi connectivity index (χ1n) is 9.73. The summed E-state index contributed by atoms with van der Waals surface area (Å²) in [6.45, 7) is 8.05. The van der Waals surface area contributed by atoms with E-state index < -0.39 is 0 Å². The molecule has 1 aliphatic rings. The second kappa shape index (κ2) is 9.00. The summed E-state index contributed by atoms with van der Waals surface area (Å²) >= 11 is 0. The molecule has 1 aliphatic heterocycles. The largest absolute Gasteiger partial charge is 0.355 e. The quantitative estimate of drug-likeness (QED) is 0.850. The Hall–Kier alpha value is -2.13. The van der Waals surface area contributed by atoms with Crippen LogP contribution in [0.3, 0.4) is 0 Å². The SMILES string of the molecule is Cc1ccccc1CN1CCC(C(=O)NC[C@@H](C)c2ccccc2)CC1. The zero-order valence-electron chi connectivity index (χ0n) is 15.9. The number of nitrogens with one attached hydrogen (secondary N) is 1. The number of hydrogen-bond donors (Lipinski definition) is 1. The van der Waals surface area contributed by atoms with Crippen LogP contribution in [-0.4, -0.2) is 30.4 Å². The van der Waals surface area contributed by atoms with Gasteiger partial charge in [0.15, 0.2) is 0 Å². The predicted octanol–water partition coefficient (Wildman–Crippen LogP) is 4.13. The van der Waals surface area contributed by atoms with Gasteiger partial charge in [-0.1, -0.05) is 61.5 Å². The molecule has 1 atom stereocenters. The fourth-order valence-corrected chi connectivity index (χ4v) is 3.68. The van der Waals surface area contributed by atoms with E-state index in [-0.39, 0.29) is 11.8 Å². The predicted molar refractivity (Wildman–Crippen MR) is 107 cm³/mol. The van der Waals surface area contributed by atoms with Crippen molar-refractivity contribution in [1.82, 2.24) is 10.2 Å². The zero-order valence-corrected chi connectivity index (χ0v) is 15.9. The summed E-state index contributed by atoms with van der Waals surface area (Å²) < 4.78 is 0. The molecule has 0 radical (unpaired) electrons. The lowest BCUT2D eigenvalue weighted by Crippen LogP contribution is -2.41. The first-order valence-corrected chi connectivity index (χ1v) is 9.73. The highest BCUT2D eigenvalue weighted by molar-refractivity contribution is 5.78. The number of benzene rings is 2. The minimum Gasteiger partial charge on any atom is -0.355 e. The van der Waals surface area contributed by atoms with E-state index in [9.17, 15) is 4.79 Å². The molecule has 26 heavy (non-hydrogen) atoms. The first kappa shape index (κ1) is 18.7. The van der Waals surface area contributed by atoms with Crippen molar-refractivity contribution in [2.45, 2.75) is 39.2 Å². The molecule has 0 unspecified atom stereocenters. The second-order valence-electron chi connectivity index (χ2n) is 7.53. The van der Waals surface area contributed by atoms with Crippen LogP contribution in [0.25, 0.3) is 0 Å². The molecule has 2 aromatic rings. The Morgan fingerprint density at radius 3 is 2.42 bits per heavy atom. The molecule has 0 saturated carbocycles. The van der Waals surface area contributed by atoms with Crippen LogP contribution in [0.5, 0.6) is 0 Å². The maximum Gasteiger partial charge on any atom is 0.223 e. The molecule has 0 bridgehead atoms. The summed E-state index contributed by atoms with van der Waals surface area (Å²) in [5, 5.41) is 3.17. The van der Waals surface area contributed by atoms with Crippen LogP contribution in [0.1, 0.15) is 42.4 Å². The van der Waals surface area contributed by atoms with Crippen molar-refractivity contribution in [1.29, 1.82) is 0 Å². The average molecular weight is 351 g/mol. The third kappa shape index (κ3) is 4.95. The fraction of sp³-hybridized carbons (Fsp3) is 0.435. The summed E-state index contributed by atoms with van der Waals surface area (Å²) in [6.07, 6.45) is 1.91. The van der Waals surface area contributed by atoms with E-state index in [1.165, 1.54) is 16.7 Å². The average Bonchev–Trinajstić information content (AvgIpc) is 2.69. The Bertz CT molecular complexity index is 705. The van der Waals surface area contributed by atoms with E-state index in [1.807, 2.05) is 6.07 Å². The number of likely N-dealkylation sites (tertiary alicyclic amines) is 1. The van der Waals surface area contributed by atoms with Crippen LogP contribution in [-0.2, 0) is 11.3 Å². The van der Waals surface area contributed by atoms with E-state index in [0.29, 0.717) is 12.5 Å². The van der Waals surface area contributed by atoms with Crippen LogP contribution in [0, 0.1) is 12.8 Å². The van der Waals surface area contributed by atoms with Gasteiger partial charge in [-0.05, 0) is 55.5 Å². The van der Waals surface area contributed by atoms with E-state index in [2.05, 4.69) is 72.6 Å². The molecule has 0 spiro atoms. The molecule has 1 fully saturated rings. The number of carbonyl (C=O) groups is 1.